The van der Waals surface area contributed by atoms with E-state index in [4.69, 9.17) is 23.2 Å². The van der Waals surface area contributed by atoms with Crippen LogP contribution in [0.1, 0.15) is 41.6 Å². The maximum Gasteiger partial charge on any atom is 0.255 e. The van der Waals surface area contributed by atoms with Crippen molar-refractivity contribution in [2.45, 2.75) is 38.1 Å². The van der Waals surface area contributed by atoms with Crippen LogP contribution in [0.2, 0.25) is 10.0 Å². The van der Waals surface area contributed by atoms with Crippen molar-refractivity contribution in [3.8, 4) is 0 Å². The number of carbonyl (C=O) groups is 2. The van der Waals surface area contributed by atoms with E-state index in [0.29, 0.717) is 54.3 Å². The average Bonchev–Trinajstić information content (AvgIpc) is 3.34. The molecule has 0 radical (unpaired) electrons. The van der Waals surface area contributed by atoms with Crippen molar-refractivity contribution in [2.75, 3.05) is 32.7 Å². The Bertz CT molecular complexity index is 955. The number of rotatable bonds is 7. The summed E-state index contributed by atoms with van der Waals surface area (Å²) in [5.74, 6) is 0.425. The van der Waals surface area contributed by atoms with Crippen LogP contribution in [0.3, 0.4) is 0 Å². The van der Waals surface area contributed by atoms with E-state index in [0.717, 1.165) is 19.3 Å². The van der Waals surface area contributed by atoms with E-state index in [9.17, 15) is 9.59 Å². The van der Waals surface area contributed by atoms with Crippen LogP contribution < -0.4 is 5.32 Å². The minimum Gasteiger partial charge on any atom is -0.354 e. The lowest BCUT2D eigenvalue weighted by molar-refractivity contribution is -0.129. The summed E-state index contributed by atoms with van der Waals surface area (Å²) in [5, 5.41) is 4.07. The number of nitrogens with zero attached hydrogens (tertiary/aromatic N) is 2. The molecule has 1 aliphatic carbocycles. The highest BCUT2D eigenvalue weighted by Gasteiger charge is 2.37. The third-order valence-corrected chi connectivity index (χ3v) is 7.37. The Morgan fingerprint density at radius 1 is 0.970 bits per heavy atom. The molecule has 1 saturated heterocycles. The van der Waals surface area contributed by atoms with Gasteiger partial charge in [-0.3, -0.25) is 14.5 Å². The number of halogens is 2. The number of hydrogen-bond acceptors (Lipinski definition) is 3. The summed E-state index contributed by atoms with van der Waals surface area (Å²) in [6.45, 7) is 3.17. The normalized spacial score (nSPS) is 18.3. The fourth-order valence-corrected chi connectivity index (χ4v) is 5.56. The van der Waals surface area contributed by atoms with Gasteiger partial charge in [-0.05, 0) is 48.9 Å². The minimum absolute atomic E-state index is 0.0824. The number of carbonyl (C=O) groups excluding carboxylic acids is 2. The highest BCUT2D eigenvalue weighted by Crippen LogP contribution is 2.31. The van der Waals surface area contributed by atoms with Crippen LogP contribution in [0.15, 0.2) is 48.5 Å². The summed E-state index contributed by atoms with van der Waals surface area (Å²) >= 11 is 12.2. The lowest BCUT2D eigenvalue weighted by Crippen LogP contribution is -2.58. The molecule has 2 aromatic carbocycles. The Labute approximate surface area is 206 Å². The highest BCUT2D eigenvalue weighted by atomic mass is 35.5. The van der Waals surface area contributed by atoms with Crippen molar-refractivity contribution >= 4 is 35.0 Å². The molecule has 0 aromatic heterocycles. The number of amides is 2. The quantitative estimate of drug-likeness (QED) is 0.617. The van der Waals surface area contributed by atoms with Crippen molar-refractivity contribution in [3.63, 3.8) is 0 Å². The van der Waals surface area contributed by atoms with Gasteiger partial charge in [-0.1, -0.05) is 66.4 Å². The van der Waals surface area contributed by atoms with E-state index in [1.807, 2.05) is 23.1 Å². The van der Waals surface area contributed by atoms with Crippen LogP contribution in [0.25, 0.3) is 0 Å². The van der Waals surface area contributed by atoms with Gasteiger partial charge < -0.3 is 10.2 Å². The predicted molar refractivity (Wildman–Crippen MR) is 133 cm³/mol. The fraction of sp³-hybridized carbons (Fsp3) is 0.462. The number of nitrogens with one attached hydrogen (secondary N) is 1. The molecular formula is C26H31Cl2N3O2. The Morgan fingerprint density at radius 3 is 2.33 bits per heavy atom. The number of piperazine rings is 1. The summed E-state index contributed by atoms with van der Waals surface area (Å²) in [4.78, 5) is 30.3. The fourth-order valence-electron chi connectivity index (χ4n) is 5.07. The zero-order valence-corrected chi connectivity index (χ0v) is 20.3. The Kier molecular flexibility index (Phi) is 8.29. The molecule has 1 aliphatic heterocycles. The largest absolute Gasteiger partial charge is 0.354 e. The molecule has 0 spiro atoms. The first-order valence-electron chi connectivity index (χ1n) is 11.8. The van der Waals surface area contributed by atoms with Crippen LogP contribution in [-0.2, 0) is 11.2 Å². The summed E-state index contributed by atoms with van der Waals surface area (Å²) in [6, 6.07) is 15.1. The summed E-state index contributed by atoms with van der Waals surface area (Å²) < 4.78 is 0. The zero-order valence-electron chi connectivity index (χ0n) is 18.8. The standard InChI is InChI=1S/C26H31Cl2N3O2/c27-21-10-11-22(23(28)18-21)26(33)31-16-14-30(15-17-31)24(20-8-4-5-9-20)25(32)29-13-12-19-6-2-1-3-7-19/h1-3,6-7,10-11,18,20,24H,4-5,8-9,12-17H2,(H,29,32). The molecule has 0 bridgehead atoms. The lowest BCUT2D eigenvalue weighted by Gasteiger charge is -2.40. The Hall–Kier alpha value is -2.08. The van der Waals surface area contributed by atoms with Crippen molar-refractivity contribution in [2.24, 2.45) is 5.92 Å². The molecule has 5 nitrogen and oxygen atoms in total. The smallest absolute Gasteiger partial charge is 0.255 e. The molecule has 2 aromatic rings. The van der Waals surface area contributed by atoms with Crippen molar-refractivity contribution in [1.29, 1.82) is 0 Å². The molecule has 1 N–H and O–H groups in total. The van der Waals surface area contributed by atoms with Crippen LogP contribution in [0, 0.1) is 5.92 Å². The predicted octanol–water partition coefficient (Wildman–Crippen LogP) is 4.67. The molecule has 2 fully saturated rings. The molecule has 4 rings (SSSR count). The molecule has 33 heavy (non-hydrogen) atoms. The lowest BCUT2D eigenvalue weighted by atomic mass is 9.94. The van der Waals surface area contributed by atoms with E-state index in [2.05, 4.69) is 22.3 Å². The number of hydrogen-bond donors (Lipinski definition) is 1. The molecule has 7 heteroatoms. The molecule has 1 atom stereocenters. The highest BCUT2D eigenvalue weighted by molar-refractivity contribution is 6.36. The van der Waals surface area contributed by atoms with Gasteiger partial charge in [0.05, 0.1) is 16.6 Å². The molecule has 2 amide bonds. The molecule has 176 valence electrons. The summed E-state index contributed by atoms with van der Waals surface area (Å²) in [6.07, 6.45) is 5.39. The summed E-state index contributed by atoms with van der Waals surface area (Å²) in [7, 11) is 0. The second-order valence-electron chi connectivity index (χ2n) is 8.97. The average molecular weight is 488 g/mol. The maximum atomic E-state index is 13.3. The van der Waals surface area contributed by atoms with Crippen LogP contribution in [0.4, 0.5) is 0 Å². The molecular weight excluding hydrogens is 457 g/mol. The van der Waals surface area contributed by atoms with Gasteiger partial charge in [-0.2, -0.15) is 0 Å². The topological polar surface area (TPSA) is 52.7 Å². The van der Waals surface area contributed by atoms with Gasteiger partial charge in [0.1, 0.15) is 0 Å². The Balaban J connectivity index is 1.36. The zero-order chi connectivity index (χ0) is 23.2. The van der Waals surface area contributed by atoms with Gasteiger partial charge in [-0.15, -0.1) is 0 Å². The van der Waals surface area contributed by atoms with E-state index in [1.165, 1.54) is 18.4 Å². The summed E-state index contributed by atoms with van der Waals surface area (Å²) in [5.41, 5.74) is 1.70. The van der Waals surface area contributed by atoms with E-state index < -0.39 is 0 Å². The van der Waals surface area contributed by atoms with E-state index >= 15 is 0 Å². The SMILES string of the molecule is O=C(NCCc1ccccc1)C(C1CCCC1)N1CCN(C(=O)c2ccc(Cl)cc2Cl)CC1. The maximum absolute atomic E-state index is 13.3. The minimum atomic E-state index is -0.125. The van der Waals surface area contributed by atoms with E-state index in [-0.39, 0.29) is 17.9 Å². The van der Waals surface area contributed by atoms with Crippen LogP contribution in [0.5, 0.6) is 0 Å². The molecule has 2 aliphatic rings. The first kappa shape index (κ1) is 24.1. The third kappa shape index (κ3) is 6.08. The Morgan fingerprint density at radius 2 is 1.67 bits per heavy atom. The van der Waals surface area contributed by atoms with Gasteiger partial charge in [0.2, 0.25) is 5.91 Å². The van der Waals surface area contributed by atoms with Crippen LogP contribution in [-0.4, -0.2) is 60.4 Å². The van der Waals surface area contributed by atoms with Crippen molar-refractivity contribution in [1.82, 2.24) is 15.1 Å². The first-order valence-corrected chi connectivity index (χ1v) is 12.6. The van der Waals surface area contributed by atoms with Gasteiger partial charge in [0.15, 0.2) is 0 Å². The van der Waals surface area contributed by atoms with Crippen molar-refractivity contribution < 1.29 is 9.59 Å². The monoisotopic (exact) mass is 487 g/mol. The van der Waals surface area contributed by atoms with Gasteiger partial charge in [0, 0.05) is 37.7 Å². The van der Waals surface area contributed by atoms with Gasteiger partial charge >= 0.3 is 0 Å². The number of benzene rings is 2. The third-order valence-electron chi connectivity index (χ3n) is 6.83. The van der Waals surface area contributed by atoms with E-state index in [1.54, 1.807) is 18.2 Å². The first-order chi connectivity index (χ1) is 16.0. The van der Waals surface area contributed by atoms with Crippen LogP contribution >= 0.6 is 23.2 Å². The second kappa shape index (κ2) is 11.4. The van der Waals surface area contributed by atoms with Gasteiger partial charge in [0.25, 0.3) is 5.91 Å². The molecule has 1 heterocycles. The molecule has 1 unspecified atom stereocenters. The second-order valence-corrected chi connectivity index (χ2v) is 9.81. The van der Waals surface area contributed by atoms with Gasteiger partial charge in [-0.25, -0.2) is 0 Å². The molecule has 1 saturated carbocycles. The van der Waals surface area contributed by atoms with Crippen molar-refractivity contribution in [3.05, 3.63) is 69.7 Å².